The molecule has 0 radical (unpaired) electrons. The normalized spacial score (nSPS) is 12.5. The van der Waals surface area contributed by atoms with Crippen molar-refractivity contribution in [2.45, 2.75) is 25.9 Å². The fourth-order valence-corrected chi connectivity index (χ4v) is 6.14. The quantitative estimate of drug-likeness (QED) is 0.308. The van der Waals surface area contributed by atoms with E-state index >= 15 is 0 Å². The minimum atomic E-state index is -3.27. The van der Waals surface area contributed by atoms with Crippen molar-refractivity contribution in [2.24, 2.45) is 0 Å². The molecule has 28 heavy (non-hydrogen) atoms. The van der Waals surface area contributed by atoms with Gasteiger partial charge in [-0.05, 0) is 20.3 Å². The number of carbonyl (C=O) groups excluding carboxylic acids is 1. The van der Waals surface area contributed by atoms with Gasteiger partial charge in [-0.15, -0.1) is 0 Å². The SMILES string of the molecule is CCOCCOCCC(C(=O)OCC)P(=O)(c1ccccc1)c1ccccc1. The van der Waals surface area contributed by atoms with Crippen molar-refractivity contribution < 1.29 is 23.6 Å². The van der Waals surface area contributed by atoms with Crippen LogP contribution < -0.4 is 10.6 Å². The molecule has 0 fully saturated rings. The van der Waals surface area contributed by atoms with E-state index in [1.165, 1.54) is 0 Å². The minimum Gasteiger partial charge on any atom is -0.465 e. The zero-order chi connectivity index (χ0) is 20.2. The van der Waals surface area contributed by atoms with E-state index in [1.807, 2.05) is 67.6 Å². The highest BCUT2D eigenvalue weighted by Gasteiger charge is 2.42. The molecule has 1 atom stereocenters. The van der Waals surface area contributed by atoms with Gasteiger partial charge in [0.05, 0.1) is 19.8 Å². The Balaban J connectivity index is 2.33. The summed E-state index contributed by atoms with van der Waals surface area (Å²) in [7, 11) is -3.27. The van der Waals surface area contributed by atoms with Crippen molar-refractivity contribution in [1.29, 1.82) is 0 Å². The van der Waals surface area contributed by atoms with Gasteiger partial charge in [-0.25, -0.2) is 0 Å². The van der Waals surface area contributed by atoms with Crippen LogP contribution in [0.3, 0.4) is 0 Å². The first kappa shape index (κ1) is 22.4. The van der Waals surface area contributed by atoms with Gasteiger partial charge in [0.1, 0.15) is 5.66 Å². The molecule has 0 heterocycles. The predicted molar refractivity (Wildman–Crippen MR) is 112 cm³/mol. The lowest BCUT2D eigenvalue weighted by atomic mass is 10.3. The second-order valence-electron chi connectivity index (χ2n) is 6.19. The lowest BCUT2D eigenvalue weighted by Crippen LogP contribution is -2.34. The smallest absolute Gasteiger partial charge is 0.317 e. The molecule has 0 aliphatic rings. The molecule has 1 unspecified atom stereocenters. The fourth-order valence-electron chi connectivity index (χ4n) is 3.05. The molecule has 5 nitrogen and oxygen atoms in total. The molecule has 6 heteroatoms. The average Bonchev–Trinajstić information content (AvgIpc) is 2.74. The van der Waals surface area contributed by atoms with Crippen molar-refractivity contribution in [1.82, 2.24) is 0 Å². The number of benzene rings is 2. The Bertz CT molecular complexity index is 705. The van der Waals surface area contributed by atoms with Crippen LogP contribution in [0.4, 0.5) is 0 Å². The van der Waals surface area contributed by atoms with Crippen LogP contribution in [0, 0.1) is 0 Å². The molecular formula is C22H29O5P. The van der Waals surface area contributed by atoms with Crippen LogP contribution in [0.5, 0.6) is 0 Å². The highest BCUT2D eigenvalue weighted by molar-refractivity contribution is 7.80. The van der Waals surface area contributed by atoms with Gasteiger partial charge in [0.2, 0.25) is 0 Å². The van der Waals surface area contributed by atoms with E-state index < -0.39 is 18.8 Å². The molecular weight excluding hydrogens is 375 g/mol. The van der Waals surface area contributed by atoms with Crippen LogP contribution in [-0.4, -0.2) is 44.7 Å². The molecule has 0 amide bonds. The second-order valence-corrected chi connectivity index (χ2v) is 9.17. The Morgan fingerprint density at radius 2 is 1.36 bits per heavy atom. The van der Waals surface area contributed by atoms with E-state index in [2.05, 4.69) is 0 Å². The molecule has 0 saturated heterocycles. The summed E-state index contributed by atoms with van der Waals surface area (Å²) in [6.07, 6.45) is 0.312. The van der Waals surface area contributed by atoms with E-state index in [0.29, 0.717) is 43.5 Å². The van der Waals surface area contributed by atoms with E-state index in [-0.39, 0.29) is 6.61 Å². The molecule has 0 aliphatic heterocycles. The summed E-state index contributed by atoms with van der Waals surface area (Å²) in [5, 5.41) is 1.29. The van der Waals surface area contributed by atoms with Gasteiger partial charge in [-0.1, -0.05) is 60.7 Å². The van der Waals surface area contributed by atoms with E-state index in [1.54, 1.807) is 6.92 Å². The Kier molecular flexibility index (Phi) is 9.42. The van der Waals surface area contributed by atoms with Gasteiger partial charge >= 0.3 is 5.97 Å². The van der Waals surface area contributed by atoms with Gasteiger partial charge in [-0.2, -0.15) is 0 Å². The maximum absolute atomic E-state index is 14.4. The van der Waals surface area contributed by atoms with Gasteiger partial charge in [0.25, 0.3) is 0 Å². The van der Waals surface area contributed by atoms with Crippen LogP contribution in [-0.2, 0) is 23.6 Å². The molecule has 0 bridgehead atoms. The molecule has 2 rings (SSSR count). The zero-order valence-electron chi connectivity index (χ0n) is 16.6. The molecule has 0 spiro atoms. The lowest BCUT2D eigenvalue weighted by molar-refractivity contribution is -0.143. The minimum absolute atomic E-state index is 0.240. The van der Waals surface area contributed by atoms with E-state index in [0.717, 1.165) is 0 Å². The first-order valence-corrected chi connectivity index (χ1v) is 11.4. The summed E-state index contributed by atoms with van der Waals surface area (Å²) in [5.41, 5.74) is -0.802. The van der Waals surface area contributed by atoms with E-state index in [4.69, 9.17) is 14.2 Å². The topological polar surface area (TPSA) is 61.8 Å². The van der Waals surface area contributed by atoms with Crippen LogP contribution >= 0.6 is 7.14 Å². The van der Waals surface area contributed by atoms with E-state index in [9.17, 15) is 9.36 Å². The maximum atomic E-state index is 14.4. The maximum Gasteiger partial charge on any atom is 0.317 e. The van der Waals surface area contributed by atoms with Crippen LogP contribution in [0.15, 0.2) is 60.7 Å². The Morgan fingerprint density at radius 3 is 1.86 bits per heavy atom. The van der Waals surface area contributed by atoms with Crippen molar-refractivity contribution >= 4 is 23.7 Å². The van der Waals surface area contributed by atoms with Crippen molar-refractivity contribution in [2.75, 3.05) is 33.0 Å². The summed E-state index contributed by atoms with van der Waals surface area (Å²) in [6.45, 7) is 5.78. The summed E-state index contributed by atoms with van der Waals surface area (Å²) < 4.78 is 30.6. The Morgan fingerprint density at radius 1 is 0.821 bits per heavy atom. The largest absolute Gasteiger partial charge is 0.465 e. The number of ether oxygens (including phenoxy) is 3. The van der Waals surface area contributed by atoms with Crippen molar-refractivity contribution in [3.05, 3.63) is 60.7 Å². The van der Waals surface area contributed by atoms with Gasteiger partial charge in [0.15, 0.2) is 7.14 Å². The third kappa shape index (κ3) is 5.78. The van der Waals surface area contributed by atoms with Gasteiger partial charge in [0, 0.05) is 23.8 Å². The third-order valence-corrected chi connectivity index (χ3v) is 7.87. The first-order valence-electron chi connectivity index (χ1n) is 9.67. The van der Waals surface area contributed by atoms with Gasteiger partial charge < -0.3 is 18.8 Å². The second kappa shape index (κ2) is 11.8. The van der Waals surface area contributed by atoms with Crippen molar-refractivity contribution in [3.63, 3.8) is 0 Å². The molecule has 2 aromatic rings. The molecule has 0 aliphatic carbocycles. The summed E-state index contributed by atoms with van der Waals surface area (Å²) >= 11 is 0. The predicted octanol–water partition coefficient (Wildman–Crippen LogP) is 3.38. The van der Waals surface area contributed by atoms with Gasteiger partial charge in [-0.3, -0.25) is 4.79 Å². The van der Waals surface area contributed by atoms with Crippen LogP contribution in [0.25, 0.3) is 0 Å². The number of hydrogen-bond acceptors (Lipinski definition) is 5. The third-order valence-electron chi connectivity index (χ3n) is 4.39. The monoisotopic (exact) mass is 404 g/mol. The Labute approximate surface area is 167 Å². The summed E-state index contributed by atoms with van der Waals surface area (Å²) in [4.78, 5) is 12.8. The molecule has 2 aromatic carbocycles. The highest BCUT2D eigenvalue weighted by atomic mass is 31.2. The lowest BCUT2D eigenvalue weighted by Gasteiger charge is -2.27. The van der Waals surface area contributed by atoms with Crippen LogP contribution in [0.2, 0.25) is 0 Å². The number of carbonyl (C=O) groups is 1. The first-order chi connectivity index (χ1) is 13.6. The summed E-state index contributed by atoms with van der Waals surface area (Å²) in [5.74, 6) is -0.452. The van der Waals surface area contributed by atoms with Crippen molar-refractivity contribution in [3.8, 4) is 0 Å². The molecule has 0 aromatic heterocycles. The van der Waals surface area contributed by atoms with Crippen LogP contribution in [0.1, 0.15) is 20.3 Å². The summed E-state index contributed by atoms with van der Waals surface area (Å²) in [6, 6.07) is 18.4. The highest BCUT2D eigenvalue weighted by Crippen LogP contribution is 2.50. The average molecular weight is 404 g/mol. The molecule has 0 saturated carbocycles. The number of rotatable bonds is 12. The number of hydrogen-bond donors (Lipinski definition) is 0. The standard InChI is InChI=1S/C22H29O5P/c1-3-25-17-18-26-16-15-21(22(23)27-4-2)28(24,19-11-7-5-8-12-19)20-13-9-6-10-14-20/h5-14,21H,3-4,15-18H2,1-2H3. The number of esters is 1. The zero-order valence-corrected chi connectivity index (χ0v) is 17.5. The fraction of sp³-hybridized carbons (Fsp3) is 0.409. The Hall–Kier alpha value is -1.94. The molecule has 152 valence electrons. The molecule has 0 N–H and O–H groups in total.